The zero-order valence-corrected chi connectivity index (χ0v) is 11.4. The number of hydrogen-bond acceptors (Lipinski definition) is 4. The number of methoxy groups -OCH3 is 1. The maximum atomic E-state index is 11.7. The van der Waals surface area contributed by atoms with Crippen LogP contribution in [0, 0.1) is 0 Å². The van der Waals surface area contributed by atoms with Crippen LogP contribution < -0.4 is 16.6 Å². The molecule has 0 saturated carbocycles. The molecule has 1 aromatic rings. The zero-order chi connectivity index (χ0) is 14.3. The average Bonchev–Trinajstić information content (AvgIpc) is 2.39. The van der Waals surface area contributed by atoms with Crippen LogP contribution in [0.2, 0.25) is 0 Å². The van der Waals surface area contributed by atoms with Crippen LogP contribution in [0.4, 0.5) is 5.69 Å². The van der Waals surface area contributed by atoms with E-state index >= 15 is 0 Å². The van der Waals surface area contributed by atoms with Gasteiger partial charge in [0.1, 0.15) is 0 Å². The third kappa shape index (κ3) is 5.23. The van der Waals surface area contributed by atoms with Gasteiger partial charge >= 0.3 is 0 Å². The van der Waals surface area contributed by atoms with Gasteiger partial charge in [0.15, 0.2) is 0 Å². The van der Waals surface area contributed by atoms with E-state index in [-0.39, 0.29) is 23.9 Å². The Kier molecular flexibility index (Phi) is 6.24. The summed E-state index contributed by atoms with van der Waals surface area (Å²) in [5.41, 5.74) is 6.18. The van der Waals surface area contributed by atoms with Crippen molar-refractivity contribution in [3.8, 4) is 0 Å². The van der Waals surface area contributed by atoms with E-state index in [1.54, 1.807) is 19.4 Å². The molecule has 106 valence electrons. The van der Waals surface area contributed by atoms with Crippen LogP contribution in [0.25, 0.3) is 0 Å². The summed E-state index contributed by atoms with van der Waals surface area (Å²) in [6.45, 7) is 2.83. The van der Waals surface area contributed by atoms with E-state index in [4.69, 9.17) is 10.5 Å². The van der Waals surface area contributed by atoms with E-state index < -0.39 is 0 Å². The summed E-state index contributed by atoms with van der Waals surface area (Å²) in [7, 11) is 1.57. The molecule has 1 rings (SSSR count). The largest absolute Gasteiger partial charge is 0.383 e. The fourth-order valence-corrected chi connectivity index (χ4v) is 1.56. The first kappa shape index (κ1) is 15.4. The first-order valence-electron chi connectivity index (χ1n) is 6.31. The molecule has 3 N–H and O–H groups in total. The highest BCUT2D eigenvalue weighted by molar-refractivity contribution is 5.90. The fraction of sp³-hybridized carbons (Fsp3) is 0.538. The van der Waals surface area contributed by atoms with E-state index in [0.29, 0.717) is 18.8 Å². The van der Waals surface area contributed by atoms with Gasteiger partial charge in [0.25, 0.3) is 5.56 Å². The first-order chi connectivity index (χ1) is 9.06. The van der Waals surface area contributed by atoms with Crippen LogP contribution in [0.5, 0.6) is 0 Å². The predicted molar refractivity (Wildman–Crippen MR) is 74.1 cm³/mol. The molecule has 6 heteroatoms. The highest BCUT2D eigenvalue weighted by Gasteiger charge is 2.08. The van der Waals surface area contributed by atoms with Crippen LogP contribution in [0.15, 0.2) is 23.1 Å². The number of rotatable bonds is 7. The van der Waals surface area contributed by atoms with E-state index in [1.807, 2.05) is 6.92 Å². The van der Waals surface area contributed by atoms with Crippen molar-refractivity contribution in [3.05, 3.63) is 28.7 Å². The molecule has 1 unspecified atom stereocenters. The summed E-state index contributed by atoms with van der Waals surface area (Å²) in [5, 5.41) is 2.73. The van der Waals surface area contributed by atoms with Gasteiger partial charge in [-0.25, -0.2) is 0 Å². The summed E-state index contributed by atoms with van der Waals surface area (Å²) in [4.78, 5) is 23.3. The number of carbonyl (C=O) groups is 1. The topological polar surface area (TPSA) is 86.4 Å². The number of aromatic nitrogens is 1. The van der Waals surface area contributed by atoms with E-state index in [1.165, 1.54) is 10.6 Å². The number of nitrogens with zero attached hydrogens (tertiary/aromatic N) is 1. The fourth-order valence-electron chi connectivity index (χ4n) is 1.56. The first-order valence-corrected chi connectivity index (χ1v) is 6.31. The molecular formula is C13H21N3O3. The van der Waals surface area contributed by atoms with Crippen molar-refractivity contribution in [2.75, 3.05) is 19.0 Å². The van der Waals surface area contributed by atoms with Gasteiger partial charge in [0.2, 0.25) is 5.91 Å². The molecule has 0 aliphatic rings. The summed E-state index contributed by atoms with van der Waals surface area (Å²) in [6, 6.07) is 2.87. The summed E-state index contributed by atoms with van der Waals surface area (Å²) in [5.74, 6) is -0.147. The van der Waals surface area contributed by atoms with Crippen molar-refractivity contribution in [3.63, 3.8) is 0 Å². The Morgan fingerprint density at radius 1 is 1.53 bits per heavy atom. The normalized spacial score (nSPS) is 12.2. The van der Waals surface area contributed by atoms with Crippen molar-refractivity contribution in [1.29, 1.82) is 0 Å². The molecule has 6 nitrogen and oxygen atoms in total. The quantitative estimate of drug-likeness (QED) is 0.756. The zero-order valence-electron chi connectivity index (χ0n) is 11.4. The van der Waals surface area contributed by atoms with Crippen LogP contribution in [-0.4, -0.2) is 30.2 Å². The van der Waals surface area contributed by atoms with Crippen molar-refractivity contribution in [2.24, 2.45) is 5.73 Å². The predicted octanol–water partition coefficient (Wildman–Crippen LogP) is 0.561. The van der Waals surface area contributed by atoms with Gasteiger partial charge in [-0.2, -0.15) is 0 Å². The minimum Gasteiger partial charge on any atom is -0.383 e. The Bertz CT molecular complexity index is 470. The third-order valence-corrected chi connectivity index (χ3v) is 2.78. The number of amides is 1. The monoisotopic (exact) mass is 267 g/mol. The third-order valence-electron chi connectivity index (χ3n) is 2.78. The summed E-state index contributed by atoms with van der Waals surface area (Å²) in [6.07, 6.45) is 2.63. The molecule has 0 aliphatic heterocycles. The number of nitrogens with one attached hydrogen (secondary N) is 1. The molecule has 0 aromatic carbocycles. The van der Waals surface area contributed by atoms with Crippen LogP contribution >= 0.6 is 0 Å². The molecule has 1 atom stereocenters. The van der Waals surface area contributed by atoms with Crippen LogP contribution in [0.1, 0.15) is 19.8 Å². The minimum atomic E-state index is -0.147. The van der Waals surface area contributed by atoms with Crippen molar-refractivity contribution in [1.82, 2.24) is 4.57 Å². The number of ether oxygens (including phenoxy) is 1. The lowest BCUT2D eigenvalue weighted by Gasteiger charge is -2.11. The number of pyridine rings is 1. The van der Waals surface area contributed by atoms with Crippen molar-refractivity contribution in [2.45, 2.75) is 32.4 Å². The van der Waals surface area contributed by atoms with E-state index in [9.17, 15) is 9.59 Å². The van der Waals surface area contributed by atoms with Gasteiger partial charge < -0.3 is 20.4 Å². The van der Waals surface area contributed by atoms with Crippen molar-refractivity contribution >= 4 is 11.6 Å². The van der Waals surface area contributed by atoms with Gasteiger partial charge in [-0.05, 0) is 12.5 Å². The van der Waals surface area contributed by atoms with Gasteiger partial charge in [0.05, 0.1) is 12.3 Å². The maximum Gasteiger partial charge on any atom is 0.250 e. The lowest BCUT2D eigenvalue weighted by molar-refractivity contribution is -0.116. The molecule has 19 heavy (non-hydrogen) atoms. The highest BCUT2D eigenvalue weighted by Crippen LogP contribution is 2.05. The van der Waals surface area contributed by atoms with Gasteiger partial charge in [-0.15, -0.1) is 0 Å². The summed E-state index contributed by atoms with van der Waals surface area (Å²) < 4.78 is 6.42. The number of carbonyl (C=O) groups excluding carboxylic acids is 1. The second-order valence-electron chi connectivity index (χ2n) is 4.36. The SMILES string of the molecule is CCC(N)CC(=O)Nc1ccc(=O)n(CCOC)c1. The molecule has 0 bridgehead atoms. The van der Waals surface area contributed by atoms with Crippen LogP contribution in [0.3, 0.4) is 0 Å². The lowest BCUT2D eigenvalue weighted by atomic mass is 10.1. The molecule has 0 radical (unpaired) electrons. The van der Waals surface area contributed by atoms with Gasteiger partial charge in [-0.1, -0.05) is 6.92 Å². The smallest absolute Gasteiger partial charge is 0.250 e. The van der Waals surface area contributed by atoms with E-state index in [0.717, 1.165) is 6.42 Å². The summed E-state index contributed by atoms with van der Waals surface area (Å²) >= 11 is 0. The van der Waals surface area contributed by atoms with Crippen molar-refractivity contribution < 1.29 is 9.53 Å². The lowest BCUT2D eigenvalue weighted by Crippen LogP contribution is -2.27. The maximum absolute atomic E-state index is 11.7. The molecule has 0 saturated heterocycles. The molecule has 0 aliphatic carbocycles. The Balaban J connectivity index is 2.68. The second-order valence-corrected chi connectivity index (χ2v) is 4.36. The standard InChI is InChI=1S/C13H21N3O3/c1-3-10(14)8-12(17)15-11-4-5-13(18)16(9-11)6-7-19-2/h4-5,9-10H,3,6-8,14H2,1-2H3,(H,15,17). The number of hydrogen-bond donors (Lipinski definition) is 2. The number of anilines is 1. The number of nitrogens with two attached hydrogens (primary N) is 1. The Labute approximate surface area is 112 Å². The highest BCUT2D eigenvalue weighted by atomic mass is 16.5. The van der Waals surface area contributed by atoms with Gasteiger partial charge in [0, 0.05) is 38.4 Å². The van der Waals surface area contributed by atoms with Crippen LogP contribution in [-0.2, 0) is 16.1 Å². The van der Waals surface area contributed by atoms with Gasteiger partial charge in [-0.3, -0.25) is 9.59 Å². The average molecular weight is 267 g/mol. The Morgan fingerprint density at radius 3 is 2.89 bits per heavy atom. The molecule has 1 heterocycles. The molecule has 0 fully saturated rings. The molecule has 1 aromatic heterocycles. The Hall–Kier alpha value is -1.66. The second kappa shape index (κ2) is 7.70. The Morgan fingerprint density at radius 2 is 2.26 bits per heavy atom. The molecule has 1 amide bonds. The molecule has 0 spiro atoms. The van der Waals surface area contributed by atoms with E-state index in [2.05, 4.69) is 5.32 Å². The minimum absolute atomic E-state index is 0.125. The molecular weight excluding hydrogens is 246 g/mol.